The van der Waals surface area contributed by atoms with Crippen molar-refractivity contribution in [2.45, 2.75) is 19.5 Å². The number of furan rings is 1. The molecule has 118 valence electrons. The van der Waals surface area contributed by atoms with Crippen molar-refractivity contribution >= 4 is 5.91 Å². The first kappa shape index (κ1) is 14.8. The second-order valence-electron chi connectivity index (χ2n) is 5.04. The summed E-state index contributed by atoms with van der Waals surface area (Å²) >= 11 is 0. The van der Waals surface area contributed by atoms with E-state index < -0.39 is 0 Å². The lowest BCUT2D eigenvalue weighted by Gasteiger charge is -2.11. The molecule has 0 spiro atoms. The van der Waals surface area contributed by atoms with Crippen molar-refractivity contribution < 1.29 is 9.21 Å². The van der Waals surface area contributed by atoms with Crippen LogP contribution in [0.15, 0.2) is 57.9 Å². The Morgan fingerprint density at radius 1 is 1.22 bits per heavy atom. The van der Waals surface area contributed by atoms with Gasteiger partial charge < -0.3 is 9.73 Å². The van der Waals surface area contributed by atoms with Crippen LogP contribution >= 0.6 is 0 Å². The van der Waals surface area contributed by atoms with Crippen LogP contribution in [0.4, 0.5) is 0 Å². The summed E-state index contributed by atoms with van der Waals surface area (Å²) in [6, 6.07) is 11.9. The molecule has 3 rings (SSSR count). The fourth-order valence-corrected chi connectivity index (χ4v) is 2.13. The van der Waals surface area contributed by atoms with Crippen LogP contribution in [-0.4, -0.2) is 31.7 Å². The third-order valence-corrected chi connectivity index (χ3v) is 3.21. The number of rotatable bonds is 5. The van der Waals surface area contributed by atoms with Crippen molar-refractivity contribution in [1.82, 2.24) is 25.1 Å². The first-order valence-electron chi connectivity index (χ1n) is 7.08. The van der Waals surface area contributed by atoms with Crippen molar-refractivity contribution in [2.75, 3.05) is 0 Å². The predicted octanol–water partition coefficient (Wildman–Crippen LogP) is 0.840. The number of tetrazole rings is 1. The van der Waals surface area contributed by atoms with E-state index in [2.05, 4.69) is 15.7 Å². The third kappa shape index (κ3) is 3.20. The minimum absolute atomic E-state index is 0.206. The van der Waals surface area contributed by atoms with Gasteiger partial charge in [0, 0.05) is 6.04 Å². The summed E-state index contributed by atoms with van der Waals surface area (Å²) in [5.74, 6) is -0.122. The SMILES string of the molecule is C[C@@H](Cn1nnn(-c2ccccc2)c1=O)NC(=O)c1ccco1. The van der Waals surface area contributed by atoms with Gasteiger partial charge in [-0.2, -0.15) is 9.36 Å². The Hall–Kier alpha value is -3.16. The summed E-state index contributed by atoms with van der Waals surface area (Å²) in [5.41, 5.74) is 0.270. The number of benzene rings is 1. The monoisotopic (exact) mass is 313 g/mol. The summed E-state index contributed by atoms with van der Waals surface area (Å²) < 4.78 is 7.44. The highest BCUT2D eigenvalue weighted by Crippen LogP contribution is 2.02. The van der Waals surface area contributed by atoms with Gasteiger partial charge in [-0.15, -0.1) is 0 Å². The van der Waals surface area contributed by atoms with E-state index in [0.29, 0.717) is 5.69 Å². The van der Waals surface area contributed by atoms with Crippen LogP contribution in [0, 0.1) is 0 Å². The van der Waals surface area contributed by atoms with Crippen LogP contribution in [0.5, 0.6) is 0 Å². The van der Waals surface area contributed by atoms with Gasteiger partial charge in [-0.1, -0.05) is 18.2 Å². The van der Waals surface area contributed by atoms with E-state index in [-0.39, 0.29) is 29.9 Å². The number of hydrogen-bond acceptors (Lipinski definition) is 5. The van der Waals surface area contributed by atoms with Gasteiger partial charge in [0.05, 0.1) is 18.5 Å². The molecule has 0 bridgehead atoms. The predicted molar refractivity (Wildman–Crippen MR) is 81.3 cm³/mol. The Morgan fingerprint density at radius 3 is 2.70 bits per heavy atom. The van der Waals surface area contributed by atoms with Gasteiger partial charge in [-0.3, -0.25) is 4.79 Å². The van der Waals surface area contributed by atoms with Gasteiger partial charge in [0.2, 0.25) is 0 Å². The quantitative estimate of drug-likeness (QED) is 0.753. The van der Waals surface area contributed by atoms with E-state index >= 15 is 0 Å². The van der Waals surface area contributed by atoms with E-state index in [1.165, 1.54) is 15.6 Å². The number of carbonyl (C=O) groups excluding carboxylic acids is 1. The molecule has 1 amide bonds. The number of hydrogen-bond donors (Lipinski definition) is 1. The zero-order valence-electron chi connectivity index (χ0n) is 12.4. The molecule has 3 aromatic rings. The molecule has 0 aliphatic rings. The van der Waals surface area contributed by atoms with Crippen molar-refractivity contribution in [3.8, 4) is 5.69 Å². The summed E-state index contributed by atoms with van der Waals surface area (Å²) in [5, 5.41) is 10.4. The number of amides is 1. The van der Waals surface area contributed by atoms with Gasteiger partial charge in [-0.25, -0.2) is 4.79 Å². The number of para-hydroxylation sites is 1. The van der Waals surface area contributed by atoms with E-state index in [1.54, 1.807) is 31.2 Å². The van der Waals surface area contributed by atoms with Crippen molar-refractivity contribution in [2.24, 2.45) is 0 Å². The lowest BCUT2D eigenvalue weighted by Crippen LogP contribution is -2.38. The largest absolute Gasteiger partial charge is 0.459 e. The van der Waals surface area contributed by atoms with E-state index in [4.69, 9.17) is 4.42 Å². The van der Waals surface area contributed by atoms with E-state index in [9.17, 15) is 9.59 Å². The maximum absolute atomic E-state index is 12.3. The zero-order valence-corrected chi connectivity index (χ0v) is 12.4. The number of carbonyl (C=O) groups is 1. The third-order valence-electron chi connectivity index (χ3n) is 3.21. The molecule has 0 fully saturated rings. The van der Waals surface area contributed by atoms with Crippen LogP contribution in [0.3, 0.4) is 0 Å². The van der Waals surface area contributed by atoms with Crippen molar-refractivity contribution in [3.63, 3.8) is 0 Å². The second-order valence-corrected chi connectivity index (χ2v) is 5.04. The molecule has 0 saturated carbocycles. The molecule has 1 aromatic carbocycles. The Labute approximate surface area is 131 Å². The fraction of sp³-hybridized carbons (Fsp3) is 0.200. The maximum Gasteiger partial charge on any atom is 0.368 e. The first-order valence-corrected chi connectivity index (χ1v) is 7.08. The normalized spacial score (nSPS) is 12.0. The highest BCUT2D eigenvalue weighted by atomic mass is 16.3. The van der Waals surface area contributed by atoms with Gasteiger partial charge in [0.25, 0.3) is 5.91 Å². The Bertz CT molecular complexity index is 836. The van der Waals surface area contributed by atoms with Gasteiger partial charge in [0.15, 0.2) is 5.76 Å². The molecule has 2 aromatic heterocycles. The summed E-state index contributed by atoms with van der Waals surface area (Å²) in [4.78, 5) is 24.2. The van der Waals surface area contributed by atoms with Gasteiger partial charge in [-0.05, 0) is 41.6 Å². The minimum Gasteiger partial charge on any atom is -0.459 e. The molecule has 1 atom stereocenters. The van der Waals surface area contributed by atoms with Crippen molar-refractivity contribution in [3.05, 3.63) is 65.0 Å². The van der Waals surface area contributed by atoms with Crippen LogP contribution in [-0.2, 0) is 6.54 Å². The number of aromatic nitrogens is 4. The average Bonchev–Trinajstić information content (AvgIpc) is 3.19. The Morgan fingerprint density at radius 2 is 2.00 bits per heavy atom. The smallest absolute Gasteiger partial charge is 0.368 e. The average molecular weight is 313 g/mol. The Balaban J connectivity index is 1.70. The molecule has 0 aliphatic heterocycles. The molecule has 0 unspecified atom stereocenters. The second kappa shape index (κ2) is 6.30. The fourth-order valence-electron chi connectivity index (χ4n) is 2.13. The van der Waals surface area contributed by atoms with E-state index in [0.717, 1.165) is 0 Å². The molecule has 8 nitrogen and oxygen atoms in total. The van der Waals surface area contributed by atoms with E-state index in [1.807, 2.05) is 18.2 Å². The molecule has 23 heavy (non-hydrogen) atoms. The molecule has 0 aliphatic carbocycles. The van der Waals surface area contributed by atoms with Gasteiger partial charge >= 0.3 is 5.69 Å². The molecule has 1 N–H and O–H groups in total. The highest BCUT2D eigenvalue weighted by Gasteiger charge is 2.15. The molecule has 2 heterocycles. The molecule has 0 saturated heterocycles. The minimum atomic E-state index is -0.365. The lowest BCUT2D eigenvalue weighted by molar-refractivity contribution is 0.0907. The Kier molecular flexibility index (Phi) is 4.05. The zero-order chi connectivity index (χ0) is 16.2. The van der Waals surface area contributed by atoms with Gasteiger partial charge in [0.1, 0.15) is 0 Å². The van der Waals surface area contributed by atoms with Crippen LogP contribution in [0.2, 0.25) is 0 Å². The van der Waals surface area contributed by atoms with Crippen molar-refractivity contribution in [1.29, 1.82) is 0 Å². The molecule has 8 heteroatoms. The first-order chi connectivity index (χ1) is 11.1. The topological polar surface area (TPSA) is 95.0 Å². The van der Waals surface area contributed by atoms with Crippen LogP contribution in [0.25, 0.3) is 5.69 Å². The molecular weight excluding hydrogens is 298 g/mol. The standard InChI is InChI=1S/C15H15N5O3/c1-11(16-14(21)13-8-5-9-23-13)10-19-15(22)20(18-17-19)12-6-3-2-4-7-12/h2-9,11H,10H2,1H3,(H,16,21)/t11-/m0/s1. The summed E-state index contributed by atoms with van der Waals surface area (Å²) in [6.07, 6.45) is 1.43. The number of nitrogens with zero attached hydrogens (tertiary/aromatic N) is 4. The lowest BCUT2D eigenvalue weighted by atomic mass is 10.3. The molecular formula is C15H15N5O3. The maximum atomic E-state index is 12.3. The molecule has 0 radical (unpaired) electrons. The van der Waals surface area contributed by atoms with Crippen LogP contribution < -0.4 is 11.0 Å². The summed E-state index contributed by atoms with van der Waals surface area (Å²) in [6.45, 7) is 1.98. The summed E-state index contributed by atoms with van der Waals surface area (Å²) in [7, 11) is 0. The van der Waals surface area contributed by atoms with Crippen LogP contribution in [0.1, 0.15) is 17.5 Å². The number of nitrogens with one attached hydrogen (secondary N) is 1. The highest BCUT2D eigenvalue weighted by molar-refractivity contribution is 5.91.